The highest BCUT2D eigenvalue weighted by Crippen LogP contribution is 2.26. The molecule has 6 heteroatoms. The standard InChI is InChI=1S/C15H29NO5/c1-15(2,3)21-14(18)16-9-5-8-13(20-11-19-4)12(16)7-6-10-17/h12-13,17H,5-11H2,1-4H3/t12-,13+/m1/s1. The summed E-state index contributed by atoms with van der Waals surface area (Å²) in [4.78, 5) is 14.1. The summed E-state index contributed by atoms with van der Waals surface area (Å²) >= 11 is 0. The summed E-state index contributed by atoms with van der Waals surface area (Å²) < 4.78 is 16.1. The van der Waals surface area contributed by atoms with E-state index in [2.05, 4.69) is 0 Å². The first kappa shape index (κ1) is 18.2. The second-order valence-corrected chi connectivity index (χ2v) is 6.36. The van der Waals surface area contributed by atoms with Crippen LogP contribution in [0.15, 0.2) is 0 Å². The van der Waals surface area contributed by atoms with E-state index in [9.17, 15) is 4.79 Å². The lowest BCUT2D eigenvalue weighted by atomic mass is 9.95. The number of methoxy groups -OCH3 is 1. The van der Waals surface area contributed by atoms with Gasteiger partial charge in [0.25, 0.3) is 0 Å². The molecule has 2 atom stereocenters. The fourth-order valence-electron chi connectivity index (χ4n) is 2.56. The smallest absolute Gasteiger partial charge is 0.410 e. The van der Waals surface area contributed by atoms with E-state index in [0.29, 0.717) is 19.4 Å². The first-order chi connectivity index (χ1) is 9.89. The average Bonchev–Trinajstić information content (AvgIpc) is 2.41. The van der Waals surface area contributed by atoms with Crippen LogP contribution in [0, 0.1) is 0 Å². The Balaban J connectivity index is 2.74. The zero-order chi connectivity index (χ0) is 15.9. The van der Waals surface area contributed by atoms with Crippen molar-refractivity contribution in [3.05, 3.63) is 0 Å². The number of rotatable bonds is 6. The molecule has 1 amide bonds. The molecule has 6 nitrogen and oxygen atoms in total. The first-order valence-electron chi connectivity index (χ1n) is 7.60. The number of aliphatic hydroxyl groups is 1. The second-order valence-electron chi connectivity index (χ2n) is 6.36. The predicted molar refractivity (Wildman–Crippen MR) is 79.0 cm³/mol. The molecular weight excluding hydrogens is 274 g/mol. The number of ether oxygens (including phenoxy) is 3. The zero-order valence-electron chi connectivity index (χ0n) is 13.6. The molecule has 1 fully saturated rings. The molecule has 1 aliphatic rings. The van der Waals surface area contributed by atoms with Gasteiger partial charge >= 0.3 is 6.09 Å². The fourth-order valence-corrected chi connectivity index (χ4v) is 2.56. The normalized spacial score (nSPS) is 23.2. The van der Waals surface area contributed by atoms with Crippen molar-refractivity contribution in [2.45, 2.75) is 64.2 Å². The first-order valence-corrected chi connectivity index (χ1v) is 7.60. The maximum Gasteiger partial charge on any atom is 0.410 e. The van der Waals surface area contributed by atoms with Gasteiger partial charge in [0, 0.05) is 20.3 Å². The summed E-state index contributed by atoms with van der Waals surface area (Å²) in [6, 6.07) is -0.0732. The van der Waals surface area contributed by atoms with E-state index >= 15 is 0 Å². The number of nitrogens with zero attached hydrogens (tertiary/aromatic N) is 1. The lowest BCUT2D eigenvalue weighted by Gasteiger charge is -2.41. The van der Waals surface area contributed by atoms with Crippen molar-refractivity contribution in [3.63, 3.8) is 0 Å². The number of carbonyl (C=O) groups is 1. The van der Waals surface area contributed by atoms with Gasteiger partial charge in [0.2, 0.25) is 0 Å². The number of likely N-dealkylation sites (tertiary alicyclic amines) is 1. The zero-order valence-corrected chi connectivity index (χ0v) is 13.6. The Labute approximate surface area is 127 Å². The SMILES string of the molecule is COCO[C@H]1CCCN(C(=O)OC(C)(C)C)[C@@H]1CCCO. The molecule has 0 aromatic carbocycles. The van der Waals surface area contributed by atoms with Gasteiger partial charge in [0.15, 0.2) is 0 Å². The van der Waals surface area contributed by atoms with Crippen LogP contribution >= 0.6 is 0 Å². The van der Waals surface area contributed by atoms with Gasteiger partial charge in [0.1, 0.15) is 12.4 Å². The third kappa shape index (κ3) is 6.20. The van der Waals surface area contributed by atoms with E-state index in [1.165, 1.54) is 0 Å². The third-order valence-corrected chi connectivity index (χ3v) is 3.40. The summed E-state index contributed by atoms with van der Waals surface area (Å²) in [7, 11) is 1.58. The van der Waals surface area contributed by atoms with Crippen LogP contribution in [-0.4, -0.2) is 60.9 Å². The molecule has 1 heterocycles. The van der Waals surface area contributed by atoms with Gasteiger partial charge in [-0.3, -0.25) is 0 Å². The molecule has 0 radical (unpaired) electrons. The van der Waals surface area contributed by atoms with Crippen LogP contribution in [0.25, 0.3) is 0 Å². The molecule has 1 N–H and O–H groups in total. The molecule has 124 valence electrons. The Bertz CT molecular complexity index is 316. The molecule has 0 aromatic rings. The molecule has 0 spiro atoms. The van der Waals surface area contributed by atoms with Crippen molar-refractivity contribution in [1.29, 1.82) is 0 Å². The van der Waals surface area contributed by atoms with Gasteiger partial charge in [-0.2, -0.15) is 0 Å². The number of piperidine rings is 1. The van der Waals surface area contributed by atoms with Crippen LogP contribution in [0.2, 0.25) is 0 Å². The van der Waals surface area contributed by atoms with Gasteiger partial charge in [-0.15, -0.1) is 0 Å². The maximum atomic E-state index is 12.4. The van der Waals surface area contributed by atoms with E-state index in [1.807, 2.05) is 20.8 Å². The van der Waals surface area contributed by atoms with E-state index in [0.717, 1.165) is 12.8 Å². The predicted octanol–water partition coefficient (Wildman–Crippen LogP) is 2.15. The summed E-state index contributed by atoms with van der Waals surface area (Å²) in [6.45, 7) is 6.55. The molecule has 0 aliphatic carbocycles. The quantitative estimate of drug-likeness (QED) is 0.761. The molecule has 21 heavy (non-hydrogen) atoms. The van der Waals surface area contributed by atoms with E-state index in [1.54, 1.807) is 12.0 Å². The lowest BCUT2D eigenvalue weighted by molar-refractivity contribution is -0.115. The third-order valence-electron chi connectivity index (χ3n) is 3.40. The Hall–Kier alpha value is -0.850. The maximum absolute atomic E-state index is 12.4. The Kier molecular flexibility index (Phi) is 7.42. The highest BCUT2D eigenvalue weighted by molar-refractivity contribution is 5.68. The highest BCUT2D eigenvalue weighted by atomic mass is 16.7. The van der Waals surface area contributed by atoms with Crippen LogP contribution in [0.4, 0.5) is 4.79 Å². The van der Waals surface area contributed by atoms with Crippen molar-refractivity contribution in [2.24, 2.45) is 0 Å². The summed E-state index contributed by atoms with van der Waals surface area (Å²) in [5, 5.41) is 9.07. The van der Waals surface area contributed by atoms with Gasteiger partial charge < -0.3 is 24.2 Å². The van der Waals surface area contributed by atoms with Crippen LogP contribution in [-0.2, 0) is 14.2 Å². The minimum Gasteiger partial charge on any atom is -0.444 e. The van der Waals surface area contributed by atoms with Crippen LogP contribution in [0.3, 0.4) is 0 Å². The molecule has 0 unspecified atom stereocenters. The topological polar surface area (TPSA) is 68.2 Å². The van der Waals surface area contributed by atoms with Gasteiger partial charge in [-0.05, 0) is 46.5 Å². The molecular formula is C15H29NO5. The molecule has 0 aromatic heterocycles. The number of amides is 1. The van der Waals surface area contributed by atoms with Crippen molar-refractivity contribution >= 4 is 6.09 Å². The van der Waals surface area contributed by atoms with E-state index in [4.69, 9.17) is 19.3 Å². The van der Waals surface area contributed by atoms with Crippen LogP contribution < -0.4 is 0 Å². The number of aliphatic hydroxyl groups excluding tert-OH is 1. The van der Waals surface area contributed by atoms with E-state index in [-0.39, 0.29) is 31.6 Å². The molecule has 1 aliphatic heterocycles. The van der Waals surface area contributed by atoms with Gasteiger partial charge in [-0.1, -0.05) is 0 Å². The average molecular weight is 303 g/mol. The van der Waals surface area contributed by atoms with Gasteiger partial charge in [0.05, 0.1) is 12.1 Å². The fraction of sp³-hybridized carbons (Fsp3) is 0.933. The minimum absolute atomic E-state index is 0.0715. The summed E-state index contributed by atoms with van der Waals surface area (Å²) in [5.74, 6) is 0. The monoisotopic (exact) mass is 303 g/mol. The highest BCUT2D eigenvalue weighted by Gasteiger charge is 2.36. The van der Waals surface area contributed by atoms with Crippen molar-refractivity contribution in [2.75, 3.05) is 27.1 Å². The Morgan fingerprint density at radius 3 is 2.67 bits per heavy atom. The van der Waals surface area contributed by atoms with Crippen molar-refractivity contribution < 1.29 is 24.1 Å². The number of carbonyl (C=O) groups excluding carboxylic acids is 1. The Morgan fingerprint density at radius 2 is 2.10 bits per heavy atom. The number of hydrogen-bond acceptors (Lipinski definition) is 5. The molecule has 1 rings (SSSR count). The van der Waals surface area contributed by atoms with Crippen LogP contribution in [0.1, 0.15) is 46.5 Å². The van der Waals surface area contributed by atoms with Crippen LogP contribution in [0.5, 0.6) is 0 Å². The van der Waals surface area contributed by atoms with Crippen molar-refractivity contribution in [1.82, 2.24) is 4.90 Å². The molecule has 0 bridgehead atoms. The molecule has 0 saturated carbocycles. The summed E-state index contributed by atoms with van der Waals surface area (Å²) in [6.07, 6.45) is 2.72. The van der Waals surface area contributed by atoms with E-state index < -0.39 is 5.60 Å². The van der Waals surface area contributed by atoms with Crippen molar-refractivity contribution in [3.8, 4) is 0 Å². The second kappa shape index (κ2) is 8.56. The summed E-state index contributed by atoms with van der Waals surface area (Å²) in [5.41, 5.74) is -0.515. The number of hydrogen-bond donors (Lipinski definition) is 1. The Morgan fingerprint density at radius 1 is 1.38 bits per heavy atom. The minimum atomic E-state index is -0.515. The lowest BCUT2D eigenvalue weighted by Crippen LogP contribution is -2.53. The van der Waals surface area contributed by atoms with Gasteiger partial charge in [-0.25, -0.2) is 4.79 Å². The molecule has 1 saturated heterocycles. The largest absolute Gasteiger partial charge is 0.444 e.